The molecule has 1 unspecified atom stereocenters. The number of nitrogens with zero attached hydrogens (tertiary/aromatic N) is 2. The van der Waals surface area contributed by atoms with E-state index in [4.69, 9.17) is 33.0 Å². The largest absolute Gasteiger partial charge is 0.480 e. The molecule has 14 heteroatoms. The maximum Gasteiger partial charge on any atom is 0.350 e. The van der Waals surface area contributed by atoms with Gasteiger partial charge >= 0.3 is 11.9 Å². The second kappa shape index (κ2) is 9.43. The summed E-state index contributed by atoms with van der Waals surface area (Å²) < 4.78 is 4.80. The summed E-state index contributed by atoms with van der Waals surface area (Å²) in [4.78, 5) is 57.0. The number of ether oxygens (including phenoxy) is 1. The maximum absolute atomic E-state index is 12.6. The van der Waals surface area contributed by atoms with E-state index in [-0.39, 0.29) is 51.5 Å². The van der Waals surface area contributed by atoms with Crippen molar-refractivity contribution in [1.29, 1.82) is 0 Å². The molecule has 3 heterocycles. The lowest BCUT2D eigenvalue weighted by molar-refractivity contribution is -0.137. The van der Waals surface area contributed by atoms with Crippen LogP contribution in [0.2, 0.25) is 10.0 Å². The summed E-state index contributed by atoms with van der Waals surface area (Å²) in [7, 11) is 1.24. The highest BCUT2D eigenvalue weighted by Crippen LogP contribution is 2.48. The van der Waals surface area contributed by atoms with Crippen molar-refractivity contribution < 1.29 is 29.0 Å². The van der Waals surface area contributed by atoms with Gasteiger partial charge in [0.05, 0.1) is 29.3 Å². The van der Waals surface area contributed by atoms with Crippen LogP contribution in [-0.4, -0.2) is 71.6 Å². The van der Waals surface area contributed by atoms with Crippen LogP contribution < -0.4 is 15.5 Å². The minimum absolute atomic E-state index is 0.0106. The van der Waals surface area contributed by atoms with Crippen LogP contribution in [0.5, 0.6) is 0 Å². The molecule has 0 radical (unpaired) electrons. The van der Waals surface area contributed by atoms with Gasteiger partial charge in [-0.25, -0.2) is 9.78 Å². The van der Waals surface area contributed by atoms with Gasteiger partial charge in [-0.15, -0.1) is 0 Å². The van der Waals surface area contributed by atoms with Gasteiger partial charge in [-0.1, -0.05) is 34.5 Å². The summed E-state index contributed by atoms with van der Waals surface area (Å²) in [6.45, 7) is 2.44. The lowest BCUT2D eigenvalue weighted by Gasteiger charge is -2.19. The standard InChI is InChI=1S/C20H21Cl2N5O6S/c1-7-13(21)14(22)16(24-7)18(31)26-15-8-5-27(6-9(8)15)20-25-10(17(34-20)19(32)33-2)3-11(28)23-4-12(29)30/h8-9,15,24H,3-6H2,1-2H3,(H,23,28)(H,26,31)(H,29,30)/t8-,9+,15?. The van der Waals surface area contributed by atoms with E-state index in [0.717, 1.165) is 11.3 Å². The van der Waals surface area contributed by atoms with Crippen LogP contribution in [-0.2, 0) is 20.7 Å². The Bertz CT molecular complexity index is 1170. The average molecular weight is 530 g/mol. The average Bonchev–Trinajstić information content (AvgIpc) is 3.15. The van der Waals surface area contributed by atoms with E-state index < -0.39 is 24.4 Å². The van der Waals surface area contributed by atoms with E-state index >= 15 is 0 Å². The van der Waals surface area contributed by atoms with E-state index in [2.05, 4.69) is 20.6 Å². The van der Waals surface area contributed by atoms with E-state index in [9.17, 15) is 19.2 Å². The topological polar surface area (TPSA) is 154 Å². The number of aromatic nitrogens is 2. The Labute approximate surface area is 207 Å². The minimum atomic E-state index is -1.17. The molecule has 11 nitrogen and oxygen atoms in total. The number of anilines is 1. The molecular weight excluding hydrogens is 509 g/mol. The third-order valence-electron chi connectivity index (χ3n) is 5.86. The third kappa shape index (κ3) is 4.70. The normalized spacial score (nSPS) is 20.6. The molecule has 0 spiro atoms. The summed E-state index contributed by atoms with van der Waals surface area (Å²) in [5.41, 5.74) is 1.09. The van der Waals surface area contributed by atoms with Gasteiger partial charge in [-0.05, 0) is 6.92 Å². The van der Waals surface area contributed by atoms with Gasteiger partial charge in [0.25, 0.3) is 5.91 Å². The number of rotatable bonds is 8. The molecule has 4 rings (SSSR count). The van der Waals surface area contributed by atoms with Gasteiger partial charge in [-0.3, -0.25) is 14.4 Å². The molecule has 1 saturated carbocycles. The number of methoxy groups -OCH3 is 1. The Kier molecular flexibility index (Phi) is 6.74. The zero-order valence-corrected chi connectivity index (χ0v) is 20.4. The first-order valence-corrected chi connectivity index (χ1v) is 11.8. The van der Waals surface area contributed by atoms with Gasteiger partial charge in [0.2, 0.25) is 5.91 Å². The minimum Gasteiger partial charge on any atom is -0.480 e. The summed E-state index contributed by atoms with van der Waals surface area (Å²) >= 11 is 13.3. The third-order valence-corrected chi connectivity index (χ3v) is 7.95. The summed E-state index contributed by atoms with van der Waals surface area (Å²) in [5.74, 6) is -2.24. The number of amides is 2. The molecule has 4 N–H and O–H groups in total. The number of carboxylic acids is 1. The van der Waals surface area contributed by atoms with Crippen molar-refractivity contribution in [2.75, 3.05) is 31.6 Å². The van der Waals surface area contributed by atoms with Gasteiger partial charge in [0, 0.05) is 36.7 Å². The Balaban J connectivity index is 1.39. The van der Waals surface area contributed by atoms with Crippen molar-refractivity contribution in [3.05, 3.63) is 32.0 Å². The number of aliphatic carboxylic acids is 1. The quantitative estimate of drug-likeness (QED) is 0.375. The number of nitrogens with one attached hydrogen (secondary N) is 3. The van der Waals surface area contributed by atoms with E-state index in [1.165, 1.54) is 7.11 Å². The van der Waals surface area contributed by atoms with Crippen molar-refractivity contribution >= 4 is 63.4 Å². The first-order valence-electron chi connectivity index (χ1n) is 10.3. The fourth-order valence-electron chi connectivity index (χ4n) is 4.08. The second-order valence-corrected chi connectivity index (χ2v) is 9.83. The lowest BCUT2D eigenvalue weighted by atomic mass is 10.2. The molecule has 2 amide bonds. The molecule has 2 aromatic rings. The van der Waals surface area contributed by atoms with Gasteiger partial charge < -0.3 is 30.4 Å². The van der Waals surface area contributed by atoms with Gasteiger partial charge in [0.15, 0.2) is 5.13 Å². The van der Waals surface area contributed by atoms with Crippen LogP contribution >= 0.6 is 34.5 Å². The number of hydrogen-bond acceptors (Lipinski definition) is 8. The van der Waals surface area contributed by atoms with Crippen molar-refractivity contribution in [2.24, 2.45) is 11.8 Å². The first-order chi connectivity index (χ1) is 16.1. The lowest BCUT2D eigenvalue weighted by Crippen LogP contribution is -2.35. The summed E-state index contributed by atoms with van der Waals surface area (Å²) in [6, 6.07) is -0.0106. The zero-order valence-electron chi connectivity index (χ0n) is 18.1. The number of carbonyl (C=O) groups excluding carboxylic acids is 3. The van der Waals surface area contributed by atoms with Crippen molar-refractivity contribution in [3.63, 3.8) is 0 Å². The number of thiazole rings is 1. The molecule has 2 aromatic heterocycles. The van der Waals surface area contributed by atoms with Crippen LogP contribution in [0.25, 0.3) is 0 Å². The number of hydrogen-bond donors (Lipinski definition) is 4. The molecular formula is C20H21Cl2N5O6S. The van der Waals surface area contributed by atoms with Crippen molar-refractivity contribution in [3.8, 4) is 0 Å². The highest BCUT2D eigenvalue weighted by molar-refractivity contribution is 7.17. The number of carboxylic acid groups (broad SMARTS) is 1. The van der Waals surface area contributed by atoms with E-state index in [1.54, 1.807) is 6.92 Å². The summed E-state index contributed by atoms with van der Waals surface area (Å²) in [6.07, 6.45) is -0.244. The predicted molar refractivity (Wildman–Crippen MR) is 124 cm³/mol. The number of aryl methyl sites for hydroxylation is 1. The Morgan fingerprint density at radius 2 is 1.91 bits per heavy atom. The van der Waals surface area contributed by atoms with Crippen molar-refractivity contribution in [2.45, 2.75) is 19.4 Å². The first kappa shape index (κ1) is 24.3. The smallest absolute Gasteiger partial charge is 0.350 e. The van der Waals surface area contributed by atoms with Crippen molar-refractivity contribution in [1.82, 2.24) is 20.6 Å². The molecule has 1 aliphatic carbocycles. The second-order valence-electron chi connectivity index (χ2n) is 8.10. The monoisotopic (exact) mass is 529 g/mol. The maximum atomic E-state index is 12.6. The Morgan fingerprint density at radius 1 is 1.24 bits per heavy atom. The molecule has 34 heavy (non-hydrogen) atoms. The van der Waals surface area contributed by atoms with Crippen LogP contribution in [0, 0.1) is 18.8 Å². The Morgan fingerprint density at radius 3 is 2.47 bits per heavy atom. The molecule has 182 valence electrons. The van der Waals surface area contributed by atoms with Crippen LogP contribution in [0.15, 0.2) is 0 Å². The highest BCUT2D eigenvalue weighted by atomic mass is 35.5. The molecule has 2 fully saturated rings. The number of H-pyrrole nitrogens is 1. The number of halogens is 2. The molecule has 1 saturated heterocycles. The molecule has 3 atom stereocenters. The number of piperidine rings is 1. The van der Waals surface area contributed by atoms with Gasteiger partial charge in [0.1, 0.15) is 17.1 Å². The number of esters is 1. The van der Waals surface area contributed by atoms with Crippen LogP contribution in [0.4, 0.5) is 5.13 Å². The molecule has 2 aliphatic rings. The summed E-state index contributed by atoms with van der Waals surface area (Å²) in [5, 5.41) is 15.0. The van der Waals surface area contributed by atoms with Crippen LogP contribution in [0.1, 0.15) is 31.5 Å². The Hall–Kier alpha value is -2.83. The van der Waals surface area contributed by atoms with Crippen LogP contribution in [0.3, 0.4) is 0 Å². The number of fused-ring (bicyclic) bond motifs is 1. The molecule has 0 aromatic carbocycles. The van der Waals surface area contributed by atoms with Gasteiger partial charge in [-0.2, -0.15) is 0 Å². The number of carbonyl (C=O) groups is 4. The fourth-order valence-corrected chi connectivity index (χ4v) is 5.52. The fraction of sp³-hybridized carbons (Fsp3) is 0.450. The van der Waals surface area contributed by atoms with E-state index in [0.29, 0.717) is 28.9 Å². The predicted octanol–water partition coefficient (Wildman–Crippen LogP) is 1.48. The SMILES string of the molecule is COC(=O)c1sc(N2C[C@@H]3C(NC(=O)c4[nH]c(C)c(Cl)c4Cl)[C@@H]3C2)nc1CC(=O)NCC(=O)O. The zero-order chi connectivity index (χ0) is 24.7. The number of aromatic amines is 1. The highest BCUT2D eigenvalue weighted by Gasteiger charge is 2.57. The molecule has 1 aliphatic heterocycles. The molecule has 0 bridgehead atoms. The van der Waals surface area contributed by atoms with E-state index in [1.807, 2.05) is 4.90 Å².